The number of esters is 1. The van der Waals surface area contributed by atoms with Crippen molar-refractivity contribution in [2.75, 3.05) is 18.2 Å². The number of carbonyl (C=O) groups is 1. The highest BCUT2D eigenvalue weighted by molar-refractivity contribution is 9.10. The van der Waals surface area contributed by atoms with Crippen molar-refractivity contribution in [2.45, 2.75) is 38.1 Å². The van der Waals surface area contributed by atoms with Gasteiger partial charge in [-0.15, -0.1) is 5.10 Å². The molecule has 1 atom stereocenters. The number of nitrogens with zero attached hydrogens (tertiary/aromatic N) is 3. The van der Waals surface area contributed by atoms with Crippen molar-refractivity contribution in [2.24, 2.45) is 0 Å². The zero-order valence-corrected chi connectivity index (χ0v) is 21.1. The molecule has 0 amide bonds. The SMILES string of the molecule is CCCSc1nc2n(n1)C(c1ccc(OCc3cccc(Br)c3)cc1)C(C(=O)OC)=C(C)N2. The number of halogens is 1. The van der Waals surface area contributed by atoms with Crippen molar-refractivity contribution < 1.29 is 14.3 Å². The molecule has 1 aliphatic rings. The molecular formula is C24H25BrN4O3S. The molecule has 0 saturated carbocycles. The molecule has 3 aromatic rings. The Morgan fingerprint density at radius 2 is 2.03 bits per heavy atom. The molecule has 0 aliphatic carbocycles. The van der Waals surface area contributed by atoms with E-state index in [-0.39, 0.29) is 0 Å². The Balaban J connectivity index is 1.62. The Labute approximate surface area is 205 Å². The van der Waals surface area contributed by atoms with E-state index in [1.165, 1.54) is 7.11 Å². The highest BCUT2D eigenvalue weighted by atomic mass is 79.9. The van der Waals surface area contributed by atoms with E-state index in [1.807, 2.05) is 55.5 Å². The summed E-state index contributed by atoms with van der Waals surface area (Å²) < 4.78 is 13.8. The van der Waals surface area contributed by atoms with Gasteiger partial charge in [0, 0.05) is 15.9 Å². The molecule has 33 heavy (non-hydrogen) atoms. The molecule has 1 N–H and O–H groups in total. The fraction of sp³-hybridized carbons (Fsp3) is 0.292. The highest BCUT2D eigenvalue weighted by Crippen LogP contribution is 2.37. The Morgan fingerprint density at radius 1 is 1.24 bits per heavy atom. The van der Waals surface area contributed by atoms with Gasteiger partial charge in [0.2, 0.25) is 11.1 Å². The standard InChI is InChI=1S/C24H25BrN4O3S/c1-4-12-33-24-27-23-26-15(2)20(22(30)31-3)21(29(23)28-24)17-8-10-19(11-9-17)32-14-16-6-5-7-18(25)13-16/h5-11,13,21H,4,12,14H2,1-3H3,(H,26,27,28). The predicted molar refractivity (Wildman–Crippen MR) is 132 cm³/mol. The lowest BCUT2D eigenvalue weighted by atomic mass is 9.96. The minimum atomic E-state index is -0.448. The van der Waals surface area contributed by atoms with Crippen LogP contribution in [0, 0.1) is 0 Å². The summed E-state index contributed by atoms with van der Waals surface area (Å²) in [4.78, 5) is 17.3. The summed E-state index contributed by atoms with van der Waals surface area (Å²) in [6.07, 6.45) is 1.03. The summed E-state index contributed by atoms with van der Waals surface area (Å²) in [6.45, 7) is 4.43. The lowest BCUT2D eigenvalue weighted by molar-refractivity contribution is -0.136. The van der Waals surface area contributed by atoms with E-state index in [4.69, 9.17) is 9.47 Å². The molecule has 7 nitrogen and oxygen atoms in total. The van der Waals surface area contributed by atoms with Gasteiger partial charge in [-0.25, -0.2) is 9.48 Å². The lowest BCUT2D eigenvalue weighted by Crippen LogP contribution is -2.29. The van der Waals surface area contributed by atoms with Crippen LogP contribution in [-0.4, -0.2) is 33.6 Å². The van der Waals surface area contributed by atoms with Crippen LogP contribution in [-0.2, 0) is 16.1 Å². The summed E-state index contributed by atoms with van der Waals surface area (Å²) in [5.74, 6) is 1.88. The number of rotatable bonds is 8. The summed E-state index contributed by atoms with van der Waals surface area (Å²) >= 11 is 5.08. The summed E-state index contributed by atoms with van der Waals surface area (Å²) in [7, 11) is 1.39. The summed E-state index contributed by atoms with van der Waals surface area (Å²) in [6, 6.07) is 15.3. The molecule has 2 heterocycles. The average Bonchev–Trinajstić information content (AvgIpc) is 3.22. The molecule has 0 saturated heterocycles. The highest BCUT2D eigenvalue weighted by Gasteiger charge is 2.35. The first kappa shape index (κ1) is 23.4. The number of benzene rings is 2. The molecule has 4 rings (SSSR count). The number of fused-ring (bicyclic) bond motifs is 1. The van der Waals surface area contributed by atoms with Crippen LogP contribution < -0.4 is 10.1 Å². The molecule has 9 heteroatoms. The number of hydrogen-bond donors (Lipinski definition) is 1. The average molecular weight is 529 g/mol. The first-order chi connectivity index (χ1) is 16.0. The zero-order valence-electron chi connectivity index (χ0n) is 18.7. The normalized spacial score (nSPS) is 15.1. The topological polar surface area (TPSA) is 78.3 Å². The van der Waals surface area contributed by atoms with E-state index in [2.05, 4.69) is 38.3 Å². The molecule has 0 radical (unpaired) electrons. The number of allylic oxidation sites excluding steroid dienone is 1. The number of aromatic nitrogens is 3. The number of carbonyl (C=O) groups excluding carboxylic acids is 1. The lowest BCUT2D eigenvalue weighted by Gasteiger charge is -2.27. The molecule has 1 unspecified atom stereocenters. The van der Waals surface area contributed by atoms with Crippen molar-refractivity contribution in [1.82, 2.24) is 14.8 Å². The Bertz CT molecular complexity index is 1180. The molecule has 0 spiro atoms. The summed E-state index contributed by atoms with van der Waals surface area (Å²) in [5, 5.41) is 8.56. The van der Waals surface area contributed by atoms with E-state index in [1.54, 1.807) is 16.4 Å². The van der Waals surface area contributed by atoms with Gasteiger partial charge in [0.15, 0.2) is 0 Å². The van der Waals surface area contributed by atoms with Crippen LogP contribution in [0.25, 0.3) is 0 Å². The maximum atomic E-state index is 12.7. The van der Waals surface area contributed by atoms with Crippen LogP contribution in [0.3, 0.4) is 0 Å². The number of hydrogen-bond acceptors (Lipinski definition) is 7. The molecular weight excluding hydrogens is 504 g/mol. The van der Waals surface area contributed by atoms with E-state index >= 15 is 0 Å². The molecule has 2 aromatic carbocycles. The van der Waals surface area contributed by atoms with Gasteiger partial charge < -0.3 is 14.8 Å². The quantitative estimate of drug-likeness (QED) is 0.301. The first-order valence-electron chi connectivity index (χ1n) is 10.6. The maximum Gasteiger partial charge on any atom is 0.338 e. The van der Waals surface area contributed by atoms with Crippen molar-refractivity contribution in [3.63, 3.8) is 0 Å². The van der Waals surface area contributed by atoms with Crippen molar-refractivity contribution >= 4 is 39.6 Å². The summed E-state index contributed by atoms with van der Waals surface area (Å²) in [5.41, 5.74) is 3.17. The third-order valence-corrected chi connectivity index (χ3v) is 6.70. The number of ether oxygens (including phenoxy) is 2. The second kappa shape index (κ2) is 10.4. The number of thioether (sulfide) groups is 1. The predicted octanol–water partition coefficient (Wildman–Crippen LogP) is 5.58. The van der Waals surface area contributed by atoms with E-state index < -0.39 is 12.0 Å². The van der Waals surface area contributed by atoms with Gasteiger partial charge in [-0.1, -0.05) is 58.9 Å². The number of anilines is 1. The van der Waals surface area contributed by atoms with Gasteiger partial charge in [-0.2, -0.15) is 4.98 Å². The second-order valence-electron chi connectivity index (χ2n) is 7.56. The van der Waals surface area contributed by atoms with Gasteiger partial charge in [0.25, 0.3) is 0 Å². The fourth-order valence-electron chi connectivity index (χ4n) is 3.61. The Kier molecular flexibility index (Phi) is 7.39. The third-order valence-electron chi connectivity index (χ3n) is 5.16. The van der Waals surface area contributed by atoms with Crippen LogP contribution in [0.5, 0.6) is 5.75 Å². The maximum absolute atomic E-state index is 12.7. The smallest absolute Gasteiger partial charge is 0.338 e. The van der Waals surface area contributed by atoms with E-state index in [9.17, 15) is 4.79 Å². The zero-order chi connectivity index (χ0) is 23.4. The Hall–Kier alpha value is -2.78. The molecule has 0 fully saturated rings. The van der Waals surface area contributed by atoms with Gasteiger partial charge in [0.05, 0.1) is 12.7 Å². The van der Waals surface area contributed by atoms with Crippen LogP contribution in [0.15, 0.2) is 69.4 Å². The molecule has 1 aromatic heterocycles. The minimum Gasteiger partial charge on any atom is -0.489 e. The van der Waals surface area contributed by atoms with Crippen LogP contribution in [0.4, 0.5) is 5.95 Å². The van der Waals surface area contributed by atoms with Crippen molar-refractivity contribution in [3.8, 4) is 5.75 Å². The number of methoxy groups -OCH3 is 1. The largest absolute Gasteiger partial charge is 0.489 e. The second-order valence-corrected chi connectivity index (χ2v) is 9.53. The number of nitrogens with one attached hydrogen (secondary N) is 1. The minimum absolute atomic E-state index is 0.399. The van der Waals surface area contributed by atoms with Gasteiger partial charge in [-0.05, 0) is 48.7 Å². The molecule has 172 valence electrons. The first-order valence-corrected chi connectivity index (χ1v) is 12.4. The third kappa shape index (κ3) is 5.25. The van der Waals surface area contributed by atoms with Crippen LogP contribution in [0.2, 0.25) is 0 Å². The molecule has 1 aliphatic heterocycles. The monoisotopic (exact) mass is 528 g/mol. The Morgan fingerprint density at radius 3 is 2.73 bits per heavy atom. The van der Waals surface area contributed by atoms with Crippen molar-refractivity contribution in [1.29, 1.82) is 0 Å². The van der Waals surface area contributed by atoms with Crippen LogP contribution >= 0.6 is 27.7 Å². The van der Waals surface area contributed by atoms with E-state index in [0.29, 0.717) is 29.0 Å². The van der Waals surface area contributed by atoms with Crippen molar-refractivity contribution in [3.05, 3.63) is 75.4 Å². The van der Waals surface area contributed by atoms with Gasteiger partial charge >= 0.3 is 5.97 Å². The van der Waals surface area contributed by atoms with Crippen LogP contribution in [0.1, 0.15) is 37.4 Å². The van der Waals surface area contributed by atoms with E-state index in [0.717, 1.165) is 33.5 Å². The van der Waals surface area contributed by atoms with Gasteiger partial charge in [-0.3, -0.25) is 0 Å². The molecule has 0 bridgehead atoms. The fourth-order valence-corrected chi connectivity index (χ4v) is 4.74. The van der Waals surface area contributed by atoms with Gasteiger partial charge in [0.1, 0.15) is 18.4 Å².